The maximum atomic E-state index is 12.4. The molecule has 138 valence electrons. The van der Waals surface area contributed by atoms with Gasteiger partial charge in [0.05, 0.1) is 7.11 Å². The number of methoxy groups -OCH3 is 1. The van der Waals surface area contributed by atoms with Gasteiger partial charge in [-0.2, -0.15) is 0 Å². The molecule has 5 heteroatoms. The van der Waals surface area contributed by atoms with Crippen LogP contribution in [0, 0.1) is 13.8 Å². The Morgan fingerprint density at radius 1 is 1.00 bits per heavy atom. The minimum absolute atomic E-state index is 0.0263. The van der Waals surface area contributed by atoms with Crippen LogP contribution in [0.15, 0.2) is 42.5 Å². The summed E-state index contributed by atoms with van der Waals surface area (Å²) in [5.74, 6) is 0.926. The van der Waals surface area contributed by atoms with Gasteiger partial charge in [0.1, 0.15) is 5.75 Å². The van der Waals surface area contributed by atoms with Gasteiger partial charge in [-0.3, -0.25) is 4.90 Å². The second-order valence-electron chi connectivity index (χ2n) is 6.87. The number of hydrogen-bond donors (Lipinski definition) is 1. The number of anilines is 1. The number of hydrogen-bond acceptors (Lipinski definition) is 3. The fourth-order valence-corrected chi connectivity index (χ4v) is 3.22. The van der Waals surface area contributed by atoms with Crippen LogP contribution in [0.25, 0.3) is 0 Å². The average molecular weight is 353 g/mol. The number of amides is 2. The highest BCUT2D eigenvalue weighted by Gasteiger charge is 2.22. The summed E-state index contributed by atoms with van der Waals surface area (Å²) in [6.07, 6.45) is 0. The highest BCUT2D eigenvalue weighted by Crippen LogP contribution is 2.22. The van der Waals surface area contributed by atoms with Crippen molar-refractivity contribution < 1.29 is 9.53 Å². The molecule has 1 fully saturated rings. The number of benzene rings is 2. The number of carbonyl (C=O) groups excluding carboxylic acids is 1. The Morgan fingerprint density at radius 3 is 2.31 bits per heavy atom. The third-order valence-electron chi connectivity index (χ3n) is 4.79. The maximum Gasteiger partial charge on any atom is 0.321 e. The molecule has 5 nitrogen and oxygen atoms in total. The molecule has 1 aliphatic rings. The van der Waals surface area contributed by atoms with E-state index in [2.05, 4.69) is 29.3 Å². The zero-order valence-corrected chi connectivity index (χ0v) is 15.8. The van der Waals surface area contributed by atoms with E-state index >= 15 is 0 Å². The van der Waals surface area contributed by atoms with Crippen LogP contribution >= 0.6 is 0 Å². The number of nitrogens with zero attached hydrogens (tertiary/aromatic N) is 2. The lowest BCUT2D eigenvalue weighted by Crippen LogP contribution is -2.49. The van der Waals surface area contributed by atoms with E-state index in [0.29, 0.717) is 0 Å². The molecule has 0 radical (unpaired) electrons. The van der Waals surface area contributed by atoms with Gasteiger partial charge >= 0.3 is 6.03 Å². The molecule has 3 rings (SSSR count). The molecule has 2 aromatic carbocycles. The molecule has 0 saturated carbocycles. The Bertz CT molecular complexity index is 750. The molecule has 1 N–H and O–H groups in total. The summed E-state index contributed by atoms with van der Waals surface area (Å²) in [5, 5.41) is 2.98. The largest absolute Gasteiger partial charge is 0.496 e. The van der Waals surface area contributed by atoms with Gasteiger partial charge in [-0.25, -0.2) is 4.79 Å². The Kier molecular flexibility index (Phi) is 5.78. The smallest absolute Gasteiger partial charge is 0.321 e. The summed E-state index contributed by atoms with van der Waals surface area (Å²) in [4.78, 5) is 16.7. The van der Waals surface area contributed by atoms with Gasteiger partial charge < -0.3 is 15.0 Å². The van der Waals surface area contributed by atoms with E-state index in [-0.39, 0.29) is 6.03 Å². The van der Waals surface area contributed by atoms with Gasteiger partial charge in [-0.15, -0.1) is 0 Å². The van der Waals surface area contributed by atoms with Gasteiger partial charge in [0.25, 0.3) is 0 Å². The average Bonchev–Trinajstić information content (AvgIpc) is 2.64. The van der Waals surface area contributed by atoms with Crippen LogP contribution in [0.4, 0.5) is 10.5 Å². The molecule has 2 amide bonds. The van der Waals surface area contributed by atoms with Crippen LogP contribution < -0.4 is 10.1 Å². The highest BCUT2D eigenvalue weighted by atomic mass is 16.5. The fourth-order valence-electron chi connectivity index (χ4n) is 3.22. The van der Waals surface area contributed by atoms with E-state index in [9.17, 15) is 4.79 Å². The molecule has 0 aromatic heterocycles. The van der Waals surface area contributed by atoms with Gasteiger partial charge in [-0.05, 0) is 32.0 Å². The summed E-state index contributed by atoms with van der Waals surface area (Å²) in [6, 6.07) is 14.1. The fraction of sp³-hybridized carbons (Fsp3) is 0.381. The first-order valence-corrected chi connectivity index (χ1v) is 9.03. The molecule has 1 saturated heterocycles. The van der Waals surface area contributed by atoms with Crippen LogP contribution in [-0.4, -0.2) is 49.1 Å². The van der Waals surface area contributed by atoms with Crippen LogP contribution in [0.1, 0.15) is 16.7 Å². The van der Waals surface area contributed by atoms with Crippen molar-refractivity contribution in [2.45, 2.75) is 20.4 Å². The molecule has 0 aliphatic carbocycles. The van der Waals surface area contributed by atoms with Crippen molar-refractivity contribution in [2.24, 2.45) is 0 Å². The molecule has 0 spiro atoms. The Balaban J connectivity index is 1.53. The third-order valence-corrected chi connectivity index (χ3v) is 4.79. The normalized spacial score (nSPS) is 15.0. The molecule has 26 heavy (non-hydrogen) atoms. The van der Waals surface area contributed by atoms with Crippen molar-refractivity contribution in [2.75, 3.05) is 38.6 Å². The molecule has 1 aliphatic heterocycles. The zero-order valence-electron chi connectivity index (χ0n) is 15.8. The minimum Gasteiger partial charge on any atom is -0.496 e. The van der Waals surface area contributed by atoms with Crippen molar-refractivity contribution in [3.8, 4) is 5.75 Å². The minimum atomic E-state index is -0.0263. The first-order chi connectivity index (χ1) is 12.5. The number of carbonyl (C=O) groups is 1. The van der Waals surface area contributed by atoms with Crippen molar-refractivity contribution in [1.82, 2.24) is 9.80 Å². The van der Waals surface area contributed by atoms with E-state index in [1.165, 1.54) is 16.7 Å². The lowest BCUT2D eigenvalue weighted by molar-refractivity contribution is 0.142. The van der Waals surface area contributed by atoms with Crippen molar-refractivity contribution in [3.63, 3.8) is 0 Å². The van der Waals surface area contributed by atoms with Crippen LogP contribution in [0.3, 0.4) is 0 Å². The SMILES string of the molecule is COc1ccc(C)cc1CN1CCN(C(=O)Nc2ccc(C)cc2)CC1. The number of ether oxygens (including phenoxy) is 1. The molecule has 0 unspecified atom stereocenters. The van der Waals surface area contributed by atoms with E-state index < -0.39 is 0 Å². The van der Waals surface area contributed by atoms with Crippen molar-refractivity contribution in [3.05, 3.63) is 59.2 Å². The van der Waals surface area contributed by atoms with Gasteiger partial charge in [0, 0.05) is 44.0 Å². The second-order valence-corrected chi connectivity index (χ2v) is 6.87. The predicted octanol–water partition coefficient (Wildman–Crippen LogP) is 3.66. The lowest BCUT2D eigenvalue weighted by Gasteiger charge is -2.35. The molecule has 1 heterocycles. The number of aryl methyl sites for hydroxylation is 2. The summed E-state index contributed by atoms with van der Waals surface area (Å²) in [5.41, 5.74) is 4.46. The molecule has 0 atom stereocenters. The number of urea groups is 1. The maximum absolute atomic E-state index is 12.4. The summed E-state index contributed by atoms with van der Waals surface area (Å²) < 4.78 is 5.47. The Hall–Kier alpha value is -2.53. The van der Waals surface area contributed by atoms with E-state index in [1.54, 1.807) is 7.11 Å². The quantitative estimate of drug-likeness (QED) is 0.912. The topological polar surface area (TPSA) is 44.8 Å². The Labute approximate surface area is 155 Å². The van der Waals surface area contributed by atoms with E-state index in [1.807, 2.05) is 42.2 Å². The van der Waals surface area contributed by atoms with Gasteiger partial charge in [0.2, 0.25) is 0 Å². The number of piperazine rings is 1. The van der Waals surface area contributed by atoms with Crippen molar-refractivity contribution in [1.29, 1.82) is 0 Å². The third kappa shape index (κ3) is 4.55. The molecule has 2 aromatic rings. The van der Waals surface area contributed by atoms with E-state index in [0.717, 1.165) is 44.2 Å². The Morgan fingerprint density at radius 2 is 1.65 bits per heavy atom. The predicted molar refractivity (Wildman–Crippen MR) is 105 cm³/mol. The molecule has 0 bridgehead atoms. The van der Waals surface area contributed by atoms with Crippen molar-refractivity contribution >= 4 is 11.7 Å². The van der Waals surface area contributed by atoms with Crippen LogP contribution in [-0.2, 0) is 6.54 Å². The van der Waals surface area contributed by atoms with Gasteiger partial charge in [-0.1, -0.05) is 35.4 Å². The number of rotatable bonds is 4. The summed E-state index contributed by atoms with van der Waals surface area (Å²) in [6.45, 7) is 8.15. The molecular formula is C21H27N3O2. The standard InChI is InChI=1S/C21H27N3O2/c1-16-4-7-19(8-5-16)22-21(25)24-12-10-23(11-13-24)15-18-14-17(2)6-9-20(18)26-3/h4-9,14H,10-13,15H2,1-3H3,(H,22,25). The summed E-state index contributed by atoms with van der Waals surface area (Å²) in [7, 11) is 1.71. The second kappa shape index (κ2) is 8.23. The first-order valence-electron chi connectivity index (χ1n) is 9.03. The summed E-state index contributed by atoms with van der Waals surface area (Å²) >= 11 is 0. The van der Waals surface area contributed by atoms with E-state index in [4.69, 9.17) is 4.74 Å². The lowest BCUT2D eigenvalue weighted by atomic mass is 10.1. The molecular weight excluding hydrogens is 326 g/mol. The van der Waals surface area contributed by atoms with Crippen LogP contribution in [0.5, 0.6) is 5.75 Å². The van der Waals surface area contributed by atoms with Gasteiger partial charge in [0.15, 0.2) is 0 Å². The monoisotopic (exact) mass is 353 g/mol. The number of nitrogens with one attached hydrogen (secondary N) is 1. The van der Waals surface area contributed by atoms with Crippen LogP contribution in [0.2, 0.25) is 0 Å². The first kappa shape index (κ1) is 18.3. The highest BCUT2D eigenvalue weighted by molar-refractivity contribution is 5.89. The zero-order chi connectivity index (χ0) is 18.5.